The quantitative estimate of drug-likeness (QED) is 0.847. The van der Waals surface area contributed by atoms with Crippen LogP contribution in [0.2, 0.25) is 0 Å². The average molecular weight is 298 g/mol. The topological polar surface area (TPSA) is 64.8 Å². The number of nitrogens with zero attached hydrogens (tertiary/aromatic N) is 1. The van der Waals surface area contributed by atoms with Crippen molar-refractivity contribution >= 4 is 28.0 Å². The van der Waals surface area contributed by atoms with Gasteiger partial charge in [0.2, 0.25) is 0 Å². The number of thiophene rings is 1. The van der Waals surface area contributed by atoms with E-state index in [-0.39, 0.29) is 0 Å². The second-order valence-corrected chi connectivity index (χ2v) is 6.20. The Balaban J connectivity index is 2.22. The molecule has 0 aromatic carbocycles. The first-order valence-corrected chi connectivity index (χ1v) is 7.65. The SMILES string of the molecule is COC(=O)c1sc(N(C)CC2CCCC2)c(OC)c1N. The lowest BCUT2D eigenvalue weighted by atomic mass is 10.1. The molecule has 1 saturated carbocycles. The summed E-state index contributed by atoms with van der Waals surface area (Å²) < 4.78 is 10.1. The third kappa shape index (κ3) is 2.85. The maximum Gasteiger partial charge on any atom is 0.350 e. The van der Waals surface area contributed by atoms with Crippen molar-refractivity contribution in [2.45, 2.75) is 25.7 Å². The highest BCUT2D eigenvalue weighted by atomic mass is 32.1. The van der Waals surface area contributed by atoms with E-state index < -0.39 is 5.97 Å². The zero-order valence-electron chi connectivity index (χ0n) is 12.3. The van der Waals surface area contributed by atoms with Gasteiger partial charge in [-0.3, -0.25) is 0 Å². The smallest absolute Gasteiger partial charge is 0.350 e. The molecule has 0 aliphatic heterocycles. The van der Waals surface area contributed by atoms with Crippen molar-refractivity contribution in [3.05, 3.63) is 4.88 Å². The third-order valence-electron chi connectivity index (χ3n) is 3.81. The van der Waals surface area contributed by atoms with E-state index in [4.69, 9.17) is 15.2 Å². The third-order valence-corrected chi connectivity index (χ3v) is 5.09. The van der Waals surface area contributed by atoms with Gasteiger partial charge in [-0.2, -0.15) is 0 Å². The Morgan fingerprint density at radius 3 is 2.60 bits per heavy atom. The molecule has 0 spiro atoms. The molecular weight excluding hydrogens is 276 g/mol. The van der Waals surface area contributed by atoms with E-state index in [0.717, 1.165) is 17.5 Å². The van der Waals surface area contributed by atoms with E-state index in [2.05, 4.69) is 4.90 Å². The fourth-order valence-corrected chi connectivity index (χ4v) is 3.85. The number of esters is 1. The van der Waals surface area contributed by atoms with Crippen LogP contribution in [0.4, 0.5) is 10.7 Å². The van der Waals surface area contributed by atoms with E-state index in [1.54, 1.807) is 7.11 Å². The van der Waals surface area contributed by atoms with Crippen molar-refractivity contribution < 1.29 is 14.3 Å². The van der Waals surface area contributed by atoms with Gasteiger partial charge < -0.3 is 20.1 Å². The van der Waals surface area contributed by atoms with Gasteiger partial charge in [0.25, 0.3) is 0 Å². The van der Waals surface area contributed by atoms with Gasteiger partial charge in [-0.05, 0) is 18.8 Å². The fourth-order valence-electron chi connectivity index (χ4n) is 2.77. The van der Waals surface area contributed by atoms with Crippen molar-refractivity contribution in [3.63, 3.8) is 0 Å². The lowest BCUT2D eigenvalue weighted by Crippen LogP contribution is -2.23. The monoisotopic (exact) mass is 298 g/mol. The van der Waals surface area contributed by atoms with Gasteiger partial charge in [0.15, 0.2) is 5.75 Å². The van der Waals surface area contributed by atoms with Crippen LogP contribution < -0.4 is 15.4 Å². The number of rotatable bonds is 5. The van der Waals surface area contributed by atoms with Gasteiger partial charge in [-0.15, -0.1) is 11.3 Å². The molecule has 0 amide bonds. The van der Waals surface area contributed by atoms with Gasteiger partial charge in [-0.1, -0.05) is 12.8 Å². The van der Waals surface area contributed by atoms with Crippen molar-refractivity contribution in [1.82, 2.24) is 0 Å². The summed E-state index contributed by atoms with van der Waals surface area (Å²) in [5, 5.41) is 0.900. The van der Waals surface area contributed by atoms with E-state index >= 15 is 0 Å². The second kappa shape index (κ2) is 6.35. The van der Waals surface area contributed by atoms with Crippen LogP contribution in [-0.2, 0) is 4.74 Å². The number of hydrogen-bond acceptors (Lipinski definition) is 6. The normalized spacial score (nSPS) is 15.3. The fraction of sp³-hybridized carbons (Fsp3) is 0.643. The van der Waals surface area contributed by atoms with Crippen LogP contribution in [0.25, 0.3) is 0 Å². The van der Waals surface area contributed by atoms with Gasteiger partial charge in [0.1, 0.15) is 15.6 Å². The molecule has 1 fully saturated rings. The van der Waals surface area contributed by atoms with Crippen LogP contribution in [0.5, 0.6) is 5.75 Å². The standard InChI is InChI=1S/C14H22N2O3S/c1-16(8-9-6-4-5-7-9)13-11(18-2)10(15)12(20-13)14(17)19-3/h9H,4-8,15H2,1-3H3. The van der Waals surface area contributed by atoms with Crippen LogP contribution in [0.1, 0.15) is 35.4 Å². The lowest BCUT2D eigenvalue weighted by molar-refractivity contribution is 0.0607. The largest absolute Gasteiger partial charge is 0.492 e. The Morgan fingerprint density at radius 1 is 1.40 bits per heavy atom. The van der Waals surface area contributed by atoms with Gasteiger partial charge in [0.05, 0.1) is 14.2 Å². The minimum Gasteiger partial charge on any atom is -0.492 e. The molecule has 20 heavy (non-hydrogen) atoms. The van der Waals surface area contributed by atoms with E-state index in [1.165, 1.54) is 44.1 Å². The van der Waals surface area contributed by atoms with Crippen LogP contribution in [0.3, 0.4) is 0 Å². The highest BCUT2D eigenvalue weighted by molar-refractivity contribution is 7.19. The Labute approximate surface area is 123 Å². The highest BCUT2D eigenvalue weighted by Gasteiger charge is 2.26. The van der Waals surface area contributed by atoms with Crippen molar-refractivity contribution in [1.29, 1.82) is 0 Å². The second-order valence-electron chi connectivity index (χ2n) is 5.21. The predicted octanol–water partition coefficient (Wildman–Crippen LogP) is 2.75. The van der Waals surface area contributed by atoms with Gasteiger partial charge in [-0.25, -0.2) is 4.79 Å². The summed E-state index contributed by atoms with van der Waals surface area (Å²) in [6.07, 6.45) is 5.18. The number of carbonyl (C=O) groups excluding carboxylic acids is 1. The maximum atomic E-state index is 11.7. The van der Waals surface area contributed by atoms with Crippen LogP contribution in [0, 0.1) is 5.92 Å². The molecule has 1 aromatic heterocycles. The molecule has 1 aliphatic carbocycles. The number of hydrogen-bond donors (Lipinski definition) is 1. The molecule has 0 atom stereocenters. The minimum absolute atomic E-state index is 0.373. The summed E-state index contributed by atoms with van der Waals surface area (Å²) in [6, 6.07) is 0. The zero-order chi connectivity index (χ0) is 14.7. The number of ether oxygens (including phenoxy) is 2. The summed E-state index contributed by atoms with van der Waals surface area (Å²) in [5.41, 5.74) is 6.37. The van der Waals surface area contributed by atoms with Crippen molar-refractivity contribution in [2.75, 3.05) is 38.4 Å². The number of nitrogens with two attached hydrogens (primary N) is 1. The minimum atomic E-state index is -0.411. The molecule has 0 radical (unpaired) electrons. The summed E-state index contributed by atoms with van der Waals surface area (Å²) in [7, 11) is 4.95. The van der Waals surface area contributed by atoms with Crippen LogP contribution in [0.15, 0.2) is 0 Å². The molecule has 0 unspecified atom stereocenters. The molecule has 112 valence electrons. The number of methoxy groups -OCH3 is 2. The maximum absolute atomic E-state index is 11.7. The average Bonchev–Trinajstić information content (AvgIpc) is 3.05. The first-order valence-electron chi connectivity index (χ1n) is 6.84. The van der Waals surface area contributed by atoms with Crippen molar-refractivity contribution in [2.24, 2.45) is 5.92 Å². The number of anilines is 2. The van der Waals surface area contributed by atoms with Gasteiger partial charge in [0, 0.05) is 13.6 Å². The van der Waals surface area contributed by atoms with E-state index in [1.807, 2.05) is 7.05 Å². The molecule has 1 aliphatic rings. The zero-order valence-corrected chi connectivity index (χ0v) is 13.1. The molecule has 1 aromatic rings. The molecule has 6 heteroatoms. The Hall–Kier alpha value is -1.43. The molecule has 0 saturated heterocycles. The lowest BCUT2D eigenvalue weighted by Gasteiger charge is -2.22. The van der Waals surface area contributed by atoms with Crippen LogP contribution >= 0.6 is 11.3 Å². The summed E-state index contributed by atoms with van der Waals surface area (Å²) in [5.74, 6) is 0.886. The van der Waals surface area contributed by atoms with E-state index in [9.17, 15) is 4.79 Å². The Bertz CT molecular complexity index is 481. The summed E-state index contributed by atoms with van der Waals surface area (Å²) >= 11 is 1.34. The molecule has 5 nitrogen and oxygen atoms in total. The summed E-state index contributed by atoms with van der Waals surface area (Å²) in [4.78, 5) is 14.3. The highest BCUT2D eigenvalue weighted by Crippen LogP contribution is 2.45. The Morgan fingerprint density at radius 2 is 2.05 bits per heavy atom. The number of carbonyl (C=O) groups is 1. The predicted molar refractivity (Wildman–Crippen MR) is 81.9 cm³/mol. The van der Waals surface area contributed by atoms with Gasteiger partial charge >= 0.3 is 5.97 Å². The van der Waals surface area contributed by atoms with E-state index in [0.29, 0.717) is 16.3 Å². The molecule has 1 heterocycles. The summed E-state index contributed by atoms with van der Waals surface area (Å²) in [6.45, 7) is 0.969. The Kier molecular flexibility index (Phi) is 4.75. The molecule has 2 N–H and O–H groups in total. The molecular formula is C14H22N2O3S. The number of nitrogen functional groups attached to an aromatic ring is 1. The first-order chi connectivity index (χ1) is 9.58. The molecule has 0 bridgehead atoms. The van der Waals surface area contributed by atoms with Crippen LogP contribution in [-0.4, -0.2) is 33.8 Å². The molecule has 2 rings (SSSR count). The first kappa shape index (κ1) is 15.0. The van der Waals surface area contributed by atoms with Crippen molar-refractivity contribution in [3.8, 4) is 5.75 Å².